The minimum Gasteiger partial charge on any atom is -0.325 e. The van der Waals surface area contributed by atoms with Gasteiger partial charge in [-0.15, -0.1) is 11.8 Å². The maximum absolute atomic E-state index is 12.7. The van der Waals surface area contributed by atoms with Crippen molar-refractivity contribution in [3.8, 4) is 0 Å². The molecule has 0 spiro atoms. The first-order valence-corrected chi connectivity index (χ1v) is 10.6. The van der Waals surface area contributed by atoms with Crippen molar-refractivity contribution < 1.29 is 14.4 Å². The Hall–Kier alpha value is -3.38. The molecule has 0 saturated carbocycles. The van der Waals surface area contributed by atoms with Crippen molar-refractivity contribution in [1.82, 2.24) is 0 Å². The van der Waals surface area contributed by atoms with Gasteiger partial charge in [0.2, 0.25) is 5.91 Å². The zero-order chi connectivity index (χ0) is 21.1. The number of carbonyl (C=O) groups is 3. The van der Waals surface area contributed by atoms with Crippen LogP contribution < -0.4 is 10.2 Å². The summed E-state index contributed by atoms with van der Waals surface area (Å²) in [5, 5.41) is 2.63. The molecule has 0 saturated heterocycles. The first-order chi connectivity index (χ1) is 14.5. The minimum atomic E-state index is -0.356. The number of anilines is 2. The monoisotopic (exact) mass is 416 g/mol. The van der Waals surface area contributed by atoms with E-state index in [2.05, 4.69) is 5.32 Å². The van der Waals surface area contributed by atoms with Gasteiger partial charge < -0.3 is 5.32 Å². The van der Waals surface area contributed by atoms with Crippen LogP contribution >= 0.6 is 11.8 Å². The Kier molecular flexibility index (Phi) is 5.68. The lowest BCUT2D eigenvalue weighted by Crippen LogP contribution is -2.29. The zero-order valence-electron chi connectivity index (χ0n) is 16.4. The second-order valence-corrected chi connectivity index (χ2v) is 8.30. The van der Waals surface area contributed by atoms with Crippen LogP contribution in [0.25, 0.3) is 0 Å². The summed E-state index contributed by atoms with van der Waals surface area (Å²) < 4.78 is 0. The van der Waals surface area contributed by atoms with E-state index in [0.717, 1.165) is 16.2 Å². The number of imide groups is 1. The number of nitrogens with one attached hydrogen (secondary N) is 1. The number of rotatable bonds is 6. The number of carbonyl (C=O) groups excluding carboxylic acids is 3. The van der Waals surface area contributed by atoms with Crippen molar-refractivity contribution in [3.63, 3.8) is 0 Å². The van der Waals surface area contributed by atoms with Crippen LogP contribution in [0, 0.1) is 0 Å². The minimum absolute atomic E-state index is 0.129. The molecule has 1 aliphatic rings. The van der Waals surface area contributed by atoms with Crippen molar-refractivity contribution in [1.29, 1.82) is 0 Å². The largest absolute Gasteiger partial charge is 0.325 e. The molecular formula is C24H20N2O3S. The lowest BCUT2D eigenvalue weighted by Gasteiger charge is -2.16. The van der Waals surface area contributed by atoms with Crippen LogP contribution in [0.2, 0.25) is 0 Å². The molecule has 3 aromatic carbocycles. The van der Waals surface area contributed by atoms with Crippen molar-refractivity contribution in [2.75, 3.05) is 10.2 Å². The number of amides is 3. The molecular weight excluding hydrogens is 396 g/mol. The molecule has 6 heteroatoms. The zero-order valence-corrected chi connectivity index (χ0v) is 17.2. The molecule has 30 heavy (non-hydrogen) atoms. The molecule has 3 amide bonds. The summed E-state index contributed by atoms with van der Waals surface area (Å²) in [7, 11) is 0. The van der Waals surface area contributed by atoms with Gasteiger partial charge in [0.05, 0.1) is 22.1 Å². The highest BCUT2D eigenvalue weighted by molar-refractivity contribution is 7.99. The number of hydrogen-bond donors (Lipinski definition) is 1. The van der Waals surface area contributed by atoms with E-state index in [-0.39, 0.29) is 23.0 Å². The van der Waals surface area contributed by atoms with Gasteiger partial charge in [-0.05, 0) is 42.8 Å². The third-order valence-electron chi connectivity index (χ3n) is 4.88. The highest BCUT2D eigenvalue weighted by Gasteiger charge is 2.36. The normalized spacial score (nSPS) is 13.8. The van der Waals surface area contributed by atoms with Gasteiger partial charge in [0.25, 0.3) is 11.8 Å². The maximum Gasteiger partial charge on any atom is 0.266 e. The van der Waals surface area contributed by atoms with E-state index in [4.69, 9.17) is 0 Å². The molecule has 0 aromatic heterocycles. The fraction of sp³-hybridized carbons (Fsp3) is 0.125. The van der Waals surface area contributed by atoms with Crippen LogP contribution in [0.4, 0.5) is 11.4 Å². The standard InChI is InChI=1S/C24H20N2O3S/c1-16(30-15-17-8-3-2-4-9-17)22(27)25-18-10-7-11-19(14-18)26-23(28)20-12-5-6-13-21(20)24(26)29/h2-14,16H,15H2,1H3,(H,25,27). The predicted molar refractivity (Wildman–Crippen MR) is 120 cm³/mol. The Balaban J connectivity index is 1.44. The van der Waals surface area contributed by atoms with Crippen LogP contribution in [0.3, 0.4) is 0 Å². The Labute approximate surface area is 179 Å². The molecule has 1 aliphatic heterocycles. The second kappa shape index (κ2) is 8.55. The van der Waals surface area contributed by atoms with Gasteiger partial charge in [-0.25, -0.2) is 4.90 Å². The number of fused-ring (bicyclic) bond motifs is 1. The van der Waals surface area contributed by atoms with Gasteiger partial charge >= 0.3 is 0 Å². The van der Waals surface area contributed by atoms with E-state index in [1.54, 1.807) is 60.3 Å². The lowest BCUT2D eigenvalue weighted by molar-refractivity contribution is -0.115. The van der Waals surface area contributed by atoms with E-state index in [9.17, 15) is 14.4 Å². The van der Waals surface area contributed by atoms with E-state index < -0.39 is 0 Å². The molecule has 5 nitrogen and oxygen atoms in total. The highest BCUT2D eigenvalue weighted by Crippen LogP contribution is 2.30. The summed E-state index contributed by atoms with van der Waals surface area (Å²) in [5.74, 6) is -0.100. The predicted octanol–water partition coefficient (Wildman–Crippen LogP) is 4.75. The molecule has 0 fully saturated rings. The van der Waals surface area contributed by atoms with Gasteiger partial charge in [-0.1, -0.05) is 48.5 Å². The summed E-state index contributed by atoms with van der Waals surface area (Å²) in [5.41, 5.74) is 2.92. The van der Waals surface area contributed by atoms with Gasteiger partial charge in [0.1, 0.15) is 0 Å². The summed E-state index contributed by atoms with van der Waals surface area (Å²) in [6.07, 6.45) is 0. The quantitative estimate of drug-likeness (QED) is 0.589. The Morgan fingerprint density at radius 2 is 1.53 bits per heavy atom. The first kappa shape index (κ1) is 19.9. The summed E-state index contributed by atoms with van der Waals surface area (Å²) >= 11 is 1.55. The Morgan fingerprint density at radius 1 is 0.900 bits per heavy atom. The van der Waals surface area contributed by atoms with Crippen molar-refractivity contribution in [2.24, 2.45) is 0 Å². The fourth-order valence-corrected chi connectivity index (χ4v) is 4.11. The average molecular weight is 417 g/mol. The van der Waals surface area contributed by atoms with Crippen LogP contribution in [-0.2, 0) is 10.5 Å². The van der Waals surface area contributed by atoms with Crippen molar-refractivity contribution in [3.05, 3.63) is 95.6 Å². The third-order valence-corrected chi connectivity index (χ3v) is 6.09. The van der Waals surface area contributed by atoms with Crippen LogP contribution in [-0.4, -0.2) is 23.0 Å². The van der Waals surface area contributed by atoms with Crippen molar-refractivity contribution >= 4 is 40.9 Å². The van der Waals surface area contributed by atoms with Crippen LogP contribution in [0.15, 0.2) is 78.9 Å². The highest BCUT2D eigenvalue weighted by atomic mass is 32.2. The van der Waals surface area contributed by atoms with Crippen LogP contribution in [0.5, 0.6) is 0 Å². The van der Waals surface area contributed by atoms with E-state index in [1.165, 1.54) is 0 Å². The molecule has 0 aliphatic carbocycles. The first-order valence-electron chi connectivity index (χ1n) is 9.59. The van der Waals surface area contributed by atoms with Gasteiger partial charge in [-0.2, -0.15) is 0 Å². The average Bonchev–Trinajstić information content (AvgIpc) is 3.03. The number of nitrogens with zero attached hydrogens (tertiary/aromatic N) is 1. The van der Waals surface area contributed by atoms with E-state index in [0.29, 0.717) is 22.5 Å². The molecule has 150 valence electrons. The maximum atomic E-state index is 12.7. The second-order valence-electron chi connectivity index (χ2n) is 6.97. The smallest absolute Gasteiger partial charge is 0.266 e. The molecule has 1 heterocycles. The SMILES string of the molecule is CC(SCc1ccccc1)C(=O)Nc1cccc(N2C(=O)c3ccccc3C2=O)c1. The summed E-state index contributed by atoms with van der Waals surface area (Å²) in [6.45, 7) is 1.86. The molecule has 0 bridgehead atoms. The Morgan fingerprint density at radius 3 is 2.20 bits per heavy atom. The fourth-order valence-electron chi connectivity index (χ4n) is 3.26. The molecule has 1 N–H and O–H groups in total. The molecule has 3 aromatic rings. The summed E-state index contributed by atoms with van der Waals surface area (Å²) in [4.78, 5) is 39.1. The number of thioether (sulfide) groups is 1. The molecule has 1 atom stereocenters. The Bertz CT molecular complexity index is 1080. The topological polar surface area (TPSA) is 66.5 Å². The van der Waals surface area contributed by atoms with Crippen LogP contribution in [0.1, 0.15) is 33.2 Å². The number of hydrogen-bond acceptors (Lipinski definition) is 4. The third kappa shape index (κ3) is 4.00. The lowest BCUT2D eigenvalue weighted by atomic mass is 10.1. The molecule has 1 unspecified atom stereocenters. The molecule has 0 radical (unpaired) electrons. The van der Waals surface area contributed by atoms with E-state index >= 15 is 0 Å². The van der Waals surface area contributed by atoms with Gasteiger partial charge in [-0.3, -0.25) is 14.4 Å². The van der Waals surface area contributed by atoms with Gasteiger partial charge in [0, 0.05) is 11.4 Å². The van der Waals surface area contributed by atoms with E-state index in [1.807, 2.05) is 37.3 Å². The van der Waals surface area contributed by atoms with Gasteiger partial charge in [0.15, 0.2) is 0 Å². The number of benzene rings is 3. The molecule has 4 rings (SSSR count). The summed E-state index contributed by atoms with van der Waals surface area (Å²) in [6, 6.07) is 23.5. The van der Waals surface area contributed by atoms with Crippen molar-refractivity contribution in [2.45, 2.75) is 17.9 Å².